The summed E-state index contributed by atoms with van der Waals surface area (Å²) in [5, 5.41) is 16.2. The Morgan fingerprint density at radius 1 is 1.05 bits per heavy atom. The fraction of sp³-hybridized carbons (Fsp3) is 0.651. The summed E-state index contributed by atoms with van der Waals surface area (Å²) in [7, 11) is 5.30. The lowest BCUT2D eigenvalue weighted by atomic mass is 9.74. The predicted octanol–water partition coefficient (Wildman–Crippen LogP) is 6.55. The number of pyridine rings is 1. The molecular formula is C43H61N3O11S. The van der Waals surface area contributed by atoms with Crippen molar-refractivity contribution in [2.45, 2.75) is 129 Å². The van der Waals surface area contributed by atoms with E-state index < -0.39 is 83.5 Å². The molecule has 0 spiro atoms. The number of ether oxygens (including phenoxy) is 6. The van der Waals surface area contributed by atoms with Crippen LogP contribution in [-0.4, -0.2) is 120 Å². The minimum atomic E-state index is -1.42. The van der Waals surface area contributed by atoms with Gasteiger partial charge in [0.15, 0.2) is 23.8 Å². The molecule has 5 rings (SSSR count). The number of methoxy groups -OCH3 is 1. The number of thiophene rings is 1. The second kappa shape index (κ2) is 19.1. The van der Waals surface area contributed by atoms with Crippen LogP contribution >= 0.6 is 11.3 Å². The summed E-state index contributed by atoms with van der Waals surface area (Å²) in [5.74, 6) is -4.40. The summed E-state index contributed by atoms with van der Waals surface area (Å²) < 4.78 is 36.9. The number of hydrogen-bond acceptors (Lipinski definition) is 15. The Kier molecular flexibility index (Phi) is 14.9. The Morgan fingerprint density at radius 2 is 1.79 bits per heavy atom. The van der Waals surface area contributed by atoms with Crippen LogP contribution < -0.4 is 0 Å². The maximum Gasteiger partial charge on any atom is 0.509 e. The number of fused-ring (bicyclic) bond motifs is 1. The van der Waals surface area contributed by atoms with Crippen molar-refractivity contribution < 1.29 is 52.7 Å². The SMILES string of the molecule is CC[C@H]1OC(=O)[C@H](C)C(=O)[C@H](C)[C@@H](O[C@@H]2O[C@H](C)C[C@H](N(C)C)[C@H]2O)[C@](C)(OC)C[C@@H](C)/C(=N\OC/C=C/c2ccc(-c3ccccn3)s2)[C@H](C)[C@H]2OC(=O)O[C@@]21C. The molecule has 3 aliphatic heterocycles. The molecule has 2 aromatic rings. The fourth-order valence-corrected chi connectivity index (χ4v) is 9.56. The molecule has 0 bridgehead atoms. The van der Waals surface area contributed by atoms with Gasteiger partial charge in [-0.3, -0.25) is 14.6 Å². The average Bonchev–Trinajstić information content (AvgIpc) is 3.80. The van der Waals surface area contributed by atoms with E-state index in [2.05, 4.69) is 4.98 Å². The molecule has 0 unspecified atom stereocenters. The Morgan fingerprint density at radius 3 is 2.45 bits per heavy atom. The minimum Gasteiger partial charge on any atom is -0.457 e. The molecule has 0 saturated carbocycles. The number of carbonyl (C=O) groups is 3. The van der Waals surface area contributed by atoms with E-state index in [1.54, 1.807) is 38.3 Å². The molecule has 3 aliphatic rings. The van der Waals surface area contributed by atoms with Crippen molar-refractivity contribution in [1.29, 1.82) is 0 Å². The molecule has 58 heavy (non-hydrogen) atoms. The van der Waals surface area contributed by atoms with E-state index in [1.165, 1.54) is 14.0 Å². The molecule has 2 aromatic heterocycles. The number of carbonyl (C=O) groups excluding carboxylic acids is 3. The van der Waals surface area contributed by atoms with Crippen molar-refractivity contribution in [1.82, 2.24) is 9.88 Å². The largest absolute Gasteiger partial charge is 0.509 e. The molecule has 320 valence electrons. The quantitative estimate of drug-likeness (QED) is 0.119. The van der Waals surface area contributed by atoms with E-state index in [4.69, 9.17) is 38.4 Å². The number of aromatic nitrogens is 1. The van der Waals surface area contributed by atoms with Crippen molar-refractivity contribution in [3.05, 3.63) is 47.5 Å². The first-order valence-corrected chi connectivity index (χ1v) is 21.0. The smallest absolute Gasteiger partial charge is 0.457 e. The Hall–Kier alpha value is -3.73. The standard InChI is InChI=1S/C43H61N3O11S/c1-12-33-43(8)38(56-41(50)57-43)26(4)34(45-52-21-15-16-29-18-19-32(58-29)30-17-13-14-20-44-30)24(2)23-42(7,51-11)37(27(5)35(47)28(6)39(49)54-33)55-40-36(48)31(46(9)10)22-25(3)53-40/h13-20,24-28,31,33,36-38,40,48H,12,21-23H2,1-11H3/b16-15+,45-34+/t24-,25-,26+,27+,28-,31+,33-,36-,37-,38-,40+,42-,43-/m1/s1. The first kappa shape index (κ1) is 45.4. The van der Waals surface area contributed by atoms with Crippen LogP contribution in [0.3, 0.4) is 0 Å². The van der Waals surface area contributed by atoms with Crippen LogP contribution in [0.1, 0.15) is 79.5 Å². The molecule has 0 radical (unpaired) electrons. The van der Waals surface area contributed by atoms with Gasteiger partial charge in [-0.1, -0.05) is 38.9 Å². The molecule has 15 heteroatoms. The van der Waals surface area contributed by atoms with Gasteiger partial charge in [-0.15, -0.1) is 11.3 Å². The minimum absolute atomic E-state index is 0.131. The van der Waals surface area contributed by atoms with Crippen LogP contribution in [0.25, 0.3) is 16.6 Å². The highest BCUT2D eigenvalue weighted by Gasteiger charge is 2.58. The van der Waals surface area contributed by atoms with Crippen molar-refractivity contribution >= 4 is 41.0 Å². The molecule has 0 amide bonds. The van der Waals surface area contributed by atoms with Crippen LogP contribution in [0.15, 0.2) is 47.8 Å². The van der Waals surface area contributed by atoms with Gasteiger partial charge in [-0.2, -0.15) is 0 Å². The number of hydrogen-bond donors (Lipinski definition) is 1. The second-order valence-electron chi connectivity index (χ2n) is 16.5. The third kappa shape index (κ3) is 9.82. The van der Waals surface area contributed by atoms with Crippen molar-refractivity contribution in [3.63, 3.8) is 0 Å². The molecule has 0 aromatic carbocycles. The van der Waals surface area contributed by atoms with Crippen LogP contribution in [0.2, 0.25) is 0 Å². The van der Waals surface area contributed by atoms with Crippen molar-refractivity contribution in [3.8, 4) is 10.6 Å². The van der Waals surface area contributed by atoms with Gasteiger partial charge >= 0.3 is 12.1 Å². The first-order chi connectivity index (χ1) is 27.4. The summed E-state index contributed by atoms with van der Waals surface area (Å²) in [6.07, 6.45) is 0.441. The number of rotatable bonds is 10. The Bertz CT molecular complexity index is 1790. The highest BCUT2D eigenvalue weighted by Crippen LogP contribution is 2.42. The van der Waals surface area contributed by atoms with E-state index in [1.807, 2.05) is 89.2 Å². The number of likely N-dealkylation sites (N-methyl/N-ethyl adjacent to an activating group) is 1. The van der Waals surface area contributed by atoms with Gasteiger partial charge in [0, 0.05) is 42.0 Å². The lowest BCUT2D eigenvalue weighted by molar-refractivity contribution is -0.295. The maximum absolute atomic E-state index is 14.3. The summed E-state index contributed by atoms with van der Waals surface area (Å²) in [4.78, 5) is 55.5. The number of oxime groups is 1. The number of aliphatic hydroxyl groups is 1. The van der Waals surface area contributed by atoms with Gasteiger partial charge in [0.05, 0.1) is 34.1 Å². The lowest BCUT2D eigenvalue weighted by Crippen LogP contribution is -2.59. The topological polar surface area (TPSA) is 165 Å². The zero-order chi connectivity index (χ0) is 42.5. The van der Waals surface area contributed by atoms with Crippen LogP contribution in [0, 0.1) is 23.7 Å². The summed E-state index contributed by atoms with van der Waals surface area (Å²) in [6.45, 7) is 14.4. The van der Waals surface area contributed by atoms with E-state index in [-0.39, 0.29) is 31.6 Å². The summed E-state index contributed by atoms with van der Waals surface area (Å²) in [6, 6.07) is 9.56. The number of aliphatic hydroxyl groups excluding tert-OH is 1. The maximum atomic E-state index is 14.3. The zero-order valence-electron chi connectivity index (χ0n) is 35.6. The van der Waals surface area contributed by atoms with E-state index in [9.17, 15) is 19.5 Å². The second-order valence-corrected chi connectivity index (χ2v) is 17.6. The third-order valence-corrected chi connectivity index (χ3v) is 13.0. The van der Waals surface area contributed by atoms with E-state index in [0.29, 0.717) is 12.1 Å². The molecule has 3 saturated heterocycles. The predicted molar refractivity (Wildman–Crippen MR) is 219 cm³/mol. The van der Waals surface area contributed by atoms with Crippen LogP contribution in [0.4, 0.5) is 4.79 Å². The molecule has 14 nitrogen and oxygen atoms in total. The fourth-order valence-electron chi connectivity index (χ4n) is 8.64. The molecular weight excluding hydrogens is 767 g/mol. The molecule has 0 aliphatic carbocycles. The highest BCUT2D eigenvalue weighted by atomic mass is 32.1. The van der Waals surface area contributed by atoms with Gasteiger partial charge < -0.3 is 43.3 Å². The van der Waals surface area contributed by atoms with Gasteiger partial charge in [-0.05, 0) is 97.5 Å². The third-order valence-electron chi connectivity index (χ3n) is 12.0. The first-order valence-electron chi connectivity index (χ1n) is 20.2. The van der Waals surface area contributed by atoms with Crippen LogP contribution in [-0.2, 0) is 42.8 Å². The van der Waals surface area contributed by atoms with Gasteiger partial charge in [-0.25, -0.2) is 4.79 Å². The lowest BCUT2D eigenvalue weighted by Gasteiger charge is -2.47. The number of Topliss-reactive ketones (excluding diaryl/α,β-unsaturated/α-hetero) is 1. The Labute approximate surface area is 346 Å². The monoisotopic (exact) mass is 827 g/mol. The molecule has 3 fully saturated rings. The molecule has 5 heterocycles. The van der Waals surface area contributed by atoms with E-state index >= 15 is 0 Å². The molecule has 1 N–H and O–H groups in total. The number of nitrogens with zero attached hydrogens (tertiary/aromatic N) is 3. The number of cyclic esters (lactones) is 1. The number of ketones is 1. The average molecular weight is 828 g/mol. The van der Waals surface area contributed by atoms with Gasteiger partial charge in [0.25, 0.3) is 0 Å². The number of esters is 1. The zero-order valence-corrected chi connectivity index (χ0v) is 36.4. The highest BCUT2D eigenvalue weighted by molar-refractivity contribution is 7.16. The van der Waals surface area contributed by atoms with Gasteiger partial charge in [0.2, 0.25) is 0 Å². The summed E-state index contributed by atoms with van der Waals surface area (Å²) >= 11 is 1.60. The van der Waals surface area contributed by atoms with Crippen molar-refractivity contribution in [2.75, 3.05) is 27.8 Å². The molecule has 13 atom stereocenters. The van der Waals surface area contributed by atoms with Crippen LogP contribution in [0.5, 0.6) is 0 Å². The Balaban J connectivity index is 1.51. The van der Waals surface area contributed by atoms with Gasteiger partial charge in [0.1, 0.15) is 24.7 Å². The van der Waals surface area contributed by atoms with Crippen molar-refractivity contribution in [2.24, 2.45) is 28.8 Å². The summed E-state index contributed by atoms with van der Waals surface area (Å²) in [5.41, 5.74) is -1.22. The van der Waals surface area contributed by atoms with E-state index in [0.717, 1.165) is 15.4 Å². The normalized spacial score (nSPS) is 37.3.